The summed E-state index contributed by atoms with van der Waals surface area (Å²) in [5.41, 5.74) is 0.713. The SMILES string of the molecule is CC(C)C(=O)Nc1nc2c(ncn2C2OC(CO)C(C)C2OP(OCCC#N)OCC2OC(c3cnc4c(NC(=O)c5ccccc5)nccn34)C(C)C2O[PH](=O)O)c(=O)[nH]1. The van der Waals surface area contributed by atoms with Crippen LogP contribution < -0.4 is 16.2 Å². The Balaban J connectivity index is 1.12. The molecule has 5 aromatic rings. The fourth-order valence-electron chi connectivity index (χ4n) is 7.04. The zero-order valence-corrected chi connectivity index (χ0v) is 35.2. The van der Waals surface area contributed by atoms with Crippen LogP contribution in [-0.4, -0.2) is 99.9 Å². The number of carbonyl (C=O) groups is 2. The third kappa shape index (κ3) is 9.56. The van der Waals surface area contributed by atoms with Gasteiger partial charge in [0.2, 0.25) is 11.9 Å². The Morgan fingerprint density at radius 3 is 2.57 bits per heavy atom. The molecule has 10 atom stereocenters. The van der Waals surface area contributed by atoms with E-state index in [1.165, 1.54) is 17.1 Å². The summed E-state index contributed by atoms with van der Waals surface area (Å²) in [5.74, 6) is -2.09. The minimum atomic E-state index is -3.48. The van der Waals surface area contributed by atoms with E-state index in [-0.39, 0.29) is 54.4 Å². The van der Waals surface area contributed by atoms with Crippen molar-refractivity contribution in [3.05, 3.63) is 76.9 Å². The number of amides is 2. The van der Waals surface area contributed by atoms with E-state index in [2.05, 4.69) is 35.6 Å². The van der Waals surface area contributed by atoms with E-state index in [1.807, 2.05) is 6.07 Å². The van der Waals surface area contributed by atoms with E-state index in [0.717, 1.165) is 0 Å². The maximum absolute atomic E-state index is 13.0. The Kier molecular flexibility index (Phi) is 14.0. The summed E-state index contributed by atoms with van der Waals surface area (Å²) in [4.78, 5) is 68.3. The molecule has 0 radical (unpaired) electrons. The van der Waals surface area contributed by atoms with Gasteiger partial charge in [-0.3, -0.25) is 38.2 Å². The molecule has 2 aliphatic rings. The number of nitrogens with zero attached hydrogens (tertiary/aromatic N) is 7. The third-order valence-corrected chi connectivity index (χ3v) is 11.9. The van der Waals surface area contributed by atoms with Gasteiger partial charge >= 0.3 is 16.9 Å². The van der Waals surface area contributed by atoms with Crippen molar-refractivity contribution in [3.8, 4) is 6.07 Å². The van der Waals surface area contributed by atoms with Crippen molar-refractivity contribution < 1.29 is 51.7 Å². The number of nitriles is 1. The third-order valence-electron chi connectivity index (χ3n) is 10.3. The van der Waals surface area contributed by atoms with E-state index in [4.69, 9.17) is 27.6 Å². The smallest absolute Gasteiger partial charge is 0.333 e. The number of ether oxygens (including phenoxy) is 2. The molecule has 5 N–H and O–H groups in total. The fourth-order valence-corrected chi connectivity index (χ4v) is 8.84. The number of imidazole rings is 2. The van der Waals surface area contributed by atoms with Gasteiger partial charge in [-0.25, -0.2) is 15.0 Å². The Morgan fingerprint density at radius 1 is 1.07 bits per heavy atom. The topological polar surface area (TPSA) is 289 Å². The number of aliphatic hydroxyl groups excluding tert-OH is 1. The van der Waals surface area contributed by atoms with Crippen molar-refractivity contribution >= 4 is 57.2 Å². The van der Waals surface area contributed by atoms with Gasteiger partial charge in [0.05, 0.1) is 56.6 Å². The highest BCUT2D eigenvalue weighted by Gasteiger charge is 2.48. The summed E-state index contributed by atoms with van der Waals surface area (Å²) < 4.78 is 52.2. The first-order valence-electron chi connectivity index (χ1n) is 19.3. The molecule has 7 rings (SSSR count). The molecule has 4 aromatic heterocycles. The van der Waals surface area contributed by atoms with Gasteiger partial charge in [-0.2, -0.15) is 10.2 Å². The average molecular weight is 883 g/mol. The van der Waals surface area contributed by atoms with Crippen molar-refractivity contribution in [1.29, 1.82) is 5.26 Å². The number of carbonyl (C=O) groups excluding carboxylic acids is 2. The van der Waals surface area contributed by atoms with Crippen molar-refractivity contribution in [2.24, 2.45) is 17.8 Å². The van der Waals surface area contributed by atoms with Gasteiger partial charge in [-0.1, -0.05) is 45.9 Å². The van der Waals surface area contributed by atoms with Crippen molar-refractivity contribution in [2.75, 3.05) is 30.5 Å². The standard InChI is InChI=1S/C37H44N10O12P2/c1-19(2)33(49)44-37-43-31-26(35(51)45-37)41-18-47(31)36-29(20(3)24(16-48)57-36)59-61(54-14-8-11-38)55-17-25-28(58-60(52)53)21(4)27(56-25)23-15-40-32-30(39-12-13-46(23)32)42-34(50)22-9-6-5-7-10-22/h5-7,9-10,12-13,15,18-21,24-25,27-29,36,48,60H,8,14,16-17H2,1-4H3,(H,52,53)(H,39,42,50)(H2,43,44,45,49,51). The molecular weight excluding hydrogens is 838 g/mol. The second-order valence-electron chi connectivity index (χ2n) is 14.6. The van der Waals surface area contributed by atoms with Crippen molar-refractivity contribution in [2.45, 2.75) is 70.9 Å². The molecule has 10 unspecified atom stereocenters. The van der Waals surface area contributed by atoms with Crippen LogP contribution in [0.3, 0.4) is 0 Å². The molecule has 0 aliphatic carbocycles. The van der Waals surface area contributed by atoms with Crippen LogP contribution in [0.1, 0.15) is 62.5 Å². The number of hydrogen-bond donors (Lipinski definition) is 5. The highest BCUT2D eigenvalue weighted by Crippen LogP contribution is 2.50. The first kappa shape index (κ1) is 44.0. The van der Waals surface area contributed by atoms with E-state index < -0.39 is 83.5 Å². The van der Waals surface area contributed by atoms with Crippen molar-refractivity contribution in [3.63, 3.8) is 0 Å². The van der Waals surface area contributed by atoms with E-state index in [1.54, 1.807) is 74.8 Å². The molecule has 2 aliphatic heterocycles. The molecule has 0 saturated carbocycles. The van der Waals surface area contributed by atoms with Gasteiger partial charge in [0, 0.05) is 35.7 Å². The molecule has 22 nitrogen and oxygen atoms in total. The predicted molar refractivity (Wildman–Crippen MR) is 216 cm³/mol. The van der Waals surface area contributed by atoms with E-state index in [9.17, 15) is 34.2 Å². The van der Waals surface area contributed by atoms with Crippen LogP contribution in [0.25, 0.3) is 16.8 Å². The number of nitrogens with one attached hydrogen (secondary N) is 3. The van der Waals surface area contributed by atoms with Crippen LogP contribution in [0, 0.1) is 29.1 Å². The lowest BCUT2D eigenvalue weighted by Crippen LogP contribution is -2.31. The Morgan fingerprint density at radius 2 is 1.85 bits per heavy atom. The van der Waals surface area contributed by atoms with Gasteiger partial charge in [0.1, 0.15) is 24.4 Å². The van der Waals surface area contributed by atoms with Crippen LogP contribution >= 0.6 is 16.9 Å². The molecule has 2 fully saturated rings. The molecule has 6 heterocycles. The molecule has 324 valence electrons. The summed E-state index contributed by atoms with van der Waals surface area (Å²) in [7, 11) is -5.81. The highest BCUT2D eigenvalue weighted by molar-refractivity contribution is 7.41. The zero-order chi connectivity index (χ0) is 43.4. The quantitative estimate of drug-likeness (QED) is 0.0658. The summed E-state index contributed by atoms with van der Waals surface area (Å²) in [6.45, 7) is 6.19. The van der Waals surface area contributed by atoms with Crippen molar-refractivity contribution in [1.82, 2.24) is 33.9 Å². The lowest BCUT2D eigenvalue weighted by Gasteiger charge is -2.27. The van der Waals surface area contributed by atoms with Gasteiger partial charge in [-0.05, 0) is 12.1 Å². The number of hydrogen-bond acceptors (Lipinski definition) is 16. The molecule has 2 saturated heterocycles. The number of aliphatic hydroxyl groups is 1. The number of rotatable bonds is 17. The highest BCUT2D eigenvalue weighted by atomic mass is 31.2. The molecule has 0 spiro atoms. The molecule has 24 heteroatoms. The normalized spacial score (nSPS) is 24.9. The van der Waals surface area contributed by atoms with Gasteiger partial charge < -0.3 is 42.9 Å². The number of fused-ring (bicyclic) bond motifs is 2. The van der Waals surface area contributed by atoms with E-state index in [0.29, 0.717) is 16.9 Å². The van der Waals surface area contributed by atoms with Crippen LogP contribution in [0.5, 0.6) is 0 Å². The van der Waals surface area contributed by atoms with Crippen LogP contribution in [0.2, 0.25) is 0 Å². The second kappa shape index (κ2) is 19.3. The molecule has 2 amide bonds. The first-order valence-corrected chi connectivity index (χ1v) is 21.6. The lowest BCUT2D eigenvalue weighted by molar-refractivity contribution is -0.118. The summed E-state index contributed by atoms with van der Waals surface area (Å²) in [5, 5.41) is 24.9. The molecule has 1 aromatic carbocycles. The molecule has 0 bridgehead atoms. The van der Waals surface area contributed by atoms with Gasteiger partial charge in [-0.15, -0.1) is 0 Å². The lowest BCUT2D eigenvalue weighted by atomic mass is 9.97. The van der Waals surface area contributed by atoms with E-state index >= 15 is 0 Å². The van der Waals surface area contributed by atoms with Crippen LogP contribution in [-0.2, 0) is 36.9 Å². The summed E-state index contributed by atoms with van der Waals surface area (Å²) in [6, 6.07) is 10.6. The maximum Gasteiger partial charge on any atom is 0.333 e. The number of H-pyrrole nitrogens is 1. The van der Waals surface area contributed by atoms with Crippen LogP contribution in [0.4, 0.5) is 11.8 Å². The Bertz CT molecular complexity index is 2480. The van der Waals surface area contributed by atoms with Crippen LogP contribution in [0.15, 0.2) is 60.0 Å². The largest absolute Gasteiger partial charge is 0.394 e. The fraction of sp³-hybridized carbons (Fsp3) is 0.459. The number of aromatic nitrogens is 7. The summed E-state index contributed by atoms with van der Waals surface area (Å²) in [6.07, 6.45) is 0.645. The maximum atomic E-state index is 13.0. The number of benzene rings is 1. The number of aromatic amines is 1. The second-order valence-corrected chi connectivity index (χ2v) is 16.5. The minimum Gasteiger partial charge on any atom is -0.394 e. The average Bonchev–Trinajstić information content (AvgIpc) is 4.01. The molecule has 61 heavy (non-hydrogen) atoms. The first-order chi connectivity index (χ1) is 29.4. The number of anilines is 2. The molecular formula is C37H44N10O12P2. The van der Waals surface area contributed by atoms with Gasteiger partial charge in [0.25, 0.3) is 11.5 Å². The zero-order valence-electron chi connectivity index (χ0n) is 33.3. The van der Waals surface area contributed by atoms with Gasteiger partial charge in [0.15, 0.2) is 28.9 Å². The predicted octanol–water partition coefficient (Wildman–Crippen LogP) is 3.64. The Hall–Kier alpha value is -5.04. The monoisotopic (exact) mass is 882 g/mol. The summed E-state index contributed by atoms with van der Waals surface area (Å²) >= 11 is 0. The Labute approximate surface area is 349 Å². The minimum absolute atomic E-state index is 0.0110.